The van der Waals surface area contributed by atoms with E-state index in [1.165, 1.54) is 6.92 Å². The molecule has 0 aliphatic carbocycles. The Labute approximate surface area is 117 Å². The number of amides is 1. The molecule has 20 heavy (non-hydrogen) atoms. The second-order valence-corrected chi connectivity index (χ2v) is 4.56. The molecule has 106 valence electrons. The van der Waals surface area contributed by atoms with Gasteiger partial charge in [-0.25, -0.2) is 0 Å². The van der Waals surface area contributed by atoms with Crippen molar-refractivity contribution in [2.45, 2.75) is 26.3 Å². The summed E-state index contributed by atoms with van der Waals surface area (Å²) in [6.45, 7) is 3.45. The van der Waals surface area contributed by atoms with Crippen LogP contribution in [0.5, 0.6) is 5.75 Å². The minimum absolute atomic E-state index is 0.0544. The molecular formula is C14H17N3O3. The van der Waals surface area contributed by atoms with Crippen LogP contribution in [0.3, 0.4) is 0 Å². The summed E-state index contributed by atoms with van der Waals surface area (Å²) in [5.74, 6) is 0.977. The molecule has 1 atom stereocenters. The lowest BCUT2D eigenvalue weighted by molar-refractivity contribution is -0.130. The Hall–Kier alpha value is -2.37. The van der Waals surface area contributed by atoms with Gasteiger partial charge in [-0.05, 0) is 30.7 Å². The highest BCUT2D eigenvalue weighted by Gasteiger charge is 2.23. The summed E-state index contributed by atoms with van der Waals surface area (Å²) < 4.78 is 5.26. The minimum Gasteiger partial charge on any atom is -0.508 e. The molecule has 6 nitrogen and oxygen atoms in total. The van der Waals surface area contributed by atoms with Crippen LogP contribution >= 0.6 is 0 Å². The maximum atomic E-state index is 11.4. The number of benzene rings is 1. The number of rotatable bonds is 4. The molecule has 1 aromatic carbocycles. The SMILES string of the molecule is CCC(c1nc(-c2ccc(O)cc2)no1)N(C)C(C)=O. The number of aromatic hydroxyl groups is 1. The zero-order valence-electron chi connectivity index (χ0n) is 11.7. The van der Waals surface area contributed by atoms with E-state index in [-0.39, 0.29) is 17.7 Å². The van der Waals surface area contributed by atoms with Gasteiger partial charge in [0.2, 0.25) is 17.6 Å². The van der Waals surface area contributed by atoms with Gasteiger partial charge in [0.25, 0.3) is 0 Å². The molecule has 6 heteroatoms. The Morgan fingerprint density at radius 3 is 2.60 bits per heavy atom. The maximum absolute atomic E-state index is 11.4. The largest absolute Gasteiger partial charge is 0.508 e. The topological polar surface area (TPSA) is 79.5 Å². The Morgan fingerprint density at radius 1 is 1.40 bits per heavy atom. The predicted molar refractivity (Wildman–Crippen MR) is 72.9 cm³/mol. The molecule has 1 N–H and O–H groups in total. The van der Waals surface area contributed by atoms with E-state index in [0.29, 0.717) is 18.1 Å². The summed E-state index contributed by atoms with van der Waals surface area (Å²) in [7, 11) is 1.71. The number of carbonyl (C=O) groups excluding carboxylic acids is 1. The molecule has 0 fully saturated rings. The van der Waals surface area contributed by atoms with Gasteiger partial charge < -0.3 is 14.5 Å². The zero-order chi connectivity index (χ0) is 14.7. The molecule has 2 aromatic rings. The number of hydrogen-bond acceptors (Lipinski definition) is 5. The van der Waals surface area contributed by atoms with E-state index in [4.69, 9.17) is 4.52 Å². The van der Waals surface area contributed by atoms with Gasteiger partial charge in [-0.2, -0.15) is 4.98 Å². The van der Waals surface area contributed by atoms with E-state index < -0.39 is 0 Å². The summed E-state index contributed by atoms with van der Waals surface area (Å²) in [5, 5.41) is 13.2. The number of nitrogens with zero attached hydrogens (tertiary/aromatic N) is 3. The van der Waals surface area contributed by atoms with Crippen molar-refractivity contribution in [2.24, 2.45) is 0 Å². The van der Waals surface area contributed by atoms with Crippen LogP contribution in [0.15, 0.2) is 28.8 Å². The van der Waals surface area contributed by atoms with Gasteiger partial charge in [0.15, 0.2) is 0 Å². The number of phenols is 1. The lowest BCUT2D eigenvalue weighted by atomic mass is 10.2. The number of carbonyl (C=O) groups is 1. The van der Waals surface area contributed by atoms with E-state index in [1.807, 2.05) is 6.92 Å². The van der Waals surface area contributed by atoms with Crippen molar-refractivity contribution in [2.75, 3.05) is 7.05 Å². The number of hydrogen-bond donors (Lipinski definition) is 1. The third-order valence-electron chi connectivity index (χ3n) is 3.20. The molecule has 0 spiro atoms. The highest BCUT2D eigenvalue weighted by atomic mass is 16.5. The minimum atomic E-state index is -0.231. The Kier molecular flexibility index (Phi) is 4.02. The molecule has 0 saturated heterocycles. The van der Waals surface area contributed by atoms with E-state index in [9.17, 15) is 9.90 Å². The van der Waals surface area contributed by atoms with Crippen LogP contribution in [0.4, 0.5) is 0 Å². The van der Waals surface area contributed by atoms with Gasteiger partial charge in [0.05, 0.1) is 0 Å². The first-order chi connectivity index (χ1) is 9.52. The van der Waals surface area contributed by atoms with Crippen LogP contribution in [0.1, 0.15) is 32.2 Å². The first kappa shape index (κ1) is 14.0. The van der Waals surface area contributed by atoms with Crippen LogP contribution in [0, 0.1) is 0 Å². The van der Waals surface area contributed by atoms with Gasteiger partial charge >= 0.3 is 0 Å². The summed E-state index contributed by atoms with van der Waals surface area (Å²) in [5.41, 5.74) is 0.748. The molecule has 1 heterocycles. The van der Waals surface area contributed by atoms with Crippen LogP contribution in [0.25, 0.3) is 11.4 Å². The normalized spacial score (nSPS) is 12.2. The second kappa shape index (κ2) is 5.73. The zero-order valence-corrected chi connectivity index (χ0v) is 11.7. The van der Waals surface area contributed by atoms with Gasteiger partial charge in [0.1, 0.15) is 11.8 Å². The van der Waals surface area contributed by atoms with Gasteiger partial charge in [-0.3, -0.25) is 4.79 Å². The fraction of sp³-hybridized carbons (Fsp3) is 0.357. The highest BCUT2D eigenvalue weighted by molar-refractivity contribution is 5.73. The van der Waals surface area contributed by atoms with E-state index in [2.05, 4.69) is 10.1 Å². The summed E-state index contributed by atoms with van der Waals surface area (Å²) in [4.78, 5) is 17.3. The van der Waals surface area contributed by atoms with Gasteiger partial charge in [-0.15, -0.1) is 0 Å². The van der Waals surface area contributed by atoms with Crippen molar-refractivity contribution < 1.29 is 14.4 Å². The average Bonchev–Trinajstić information content (AvgIpc) is 2.89. The first-order valence-corrected chi connectivity index (χ1v) is 6.39. The molecule has 0 radical (unpaired) electrons. The number of phenolic OH excluding ortho intramolecular Hbond substituents is 1. The Bertz CT molecular complexity index is 592. The van der Waals surface area contributed by atoms with E-state index in [1.54, 1.807) is 36.2 Å². The molecule has 0 aliphatic heterocycles. The van der Waals surface area contributed by atoms with Gasteiger partial charge in [-0.1, -0.05) is 12.1 Å². The predicted octanol–water partition coefficient (Wildman–Crippen LogP) is 2.37. The molecular weight excluding hydrogens is 258 g/mol. The summed E-state index contributed by atoms with van der Waals surface area (Å²) in [6, 6.07) is 6.30. The Balaban J connectivity index is 2.27. The van der Waals surface area contributed by atoms with Crippen LogP contribution < -0.4 is 0 Å². The monoisotopic (exact) mass is 275 g/mol. The third kappa shape index (κ3) is 2.79. The van der Waals surface area contributed by atoms with Crippen molar-refractivity contribution in [1.82, 2.24) is 15.0 Å². The second-order valence-electron chi connectivity index (χ2n) is 4.56. The van der Waals surface area contributed by atoms with Crippen molar-refractivity contribution in [3.8, 4) is 17.1 Å². The first-order valence-electron chi connectivity index (χ1n) is 6.39. The fourth-order valence-corrected chi connectivity index (χ4v) is 1.93. The molecule has 1 aromatic heterocycles. The maximum Gasteiger partial charge on any atom is 0.249 e. The van der Waals surface area contributed by atoms with Crippen LogP contribution in [-0.2, 0) is 4.79 Å². The van der Waals surface area contributed by atoms with Crippen molar-refractivity contribution >= 4 is 5.91 Å². The fourth-order valence-electron chi connectivity index (χ4n) is 1.93. The molecule has 0 bridgehead atoms. The molecule has 2 rings (SSSR count). The molecule has 0 saturated carbocycles. The van der Waals surface area contributed by atoms with Crippen molar-refractivity contribution in [3.05, 3.63) is 30.2 Å². The lowest BCUT2D eigenvalue weighted by Gasteiger charge is -2.22. The van der Waals surface area contributed by atoms with Crippen molar-refractivity contribution in [3.63, 3.8) is 0 Å². The van der Waals surface area contributed by atoms with Crippen LogP contribution in [-0.4, -0.2) is 33.1 Å². The smallest absolute Gasteiger partial charge is 0.249 e. The average molecular weight is 275 g/mol. The lowest BCUT2D eigenvalue weighted by Crippen LogP contribution is -2.28. The standard InChI is InChI=1S/C14H17N3O3/c1-4-12(17(3)9(2)18)14-15-13(16-20-14)10-5-7-11(19)8-6-10/h5-8,12,19H,4H2,1-3H3. The third-order valence-corrected chi connectivity index (χ3v) is 3.20. The number of aromatic nitrogens is 2. The summed E-state index contributed by atoms with van der Waals surface area (Å²) in [6.07, 6.45) is 0.688. The van der Waals surface area contributed by atoms with E-state index >= 15 is 0 Å². The summed E-state index contributed by atoms with van der Waals surface area (Å²) >= 11 is 0. The molecule has 1 unspecified atom stereocenters. The molecule has 1 amide bonds. The van der Waals surface area contributed by atoms with Crippen molar-refractivity contribution in [1.29, 1.82) is 0 Å². The Morgan fingerprint density at radius 2 is 2.05 bits per heavy atom. The van der Waals surface area contributed by atoms with E-state index in [0.717, 1.165) is 5.56 Å². The quantitative estimate of drug-likeness (QED) is 0.926. The molecule has 0 aliphatic rings. The highest BCUT2D eigenvalue weighted by Crippen LogP contribution is 2.25. The van der Waals surface area contributed by atoms with Gasteiger partial charge in [0, 0.05) is 19.5 Å². The van der Waals surface area contributed by atoms with Crippen LogP contribution in [0.2, 0.25) is 0 Å².